The van der Waals surface area contributed by atoms with E-state index in [4.69, 9.17) is 4.74 Å². The molecular formula is C17H19F2N3O3. The normalized spacial score (nSPS) is 11.1. The van der Waals surface area contributed by atoms with Crippen molar-refractivity contribution in [3.8, 4) is 17.1 Å². The number of carbonyl (C=O) groups excluding carboxylic acids is 1. The molecule has 0 fully saturated rings. The molecule has 1 aromatic carbocycles. The molecule has 134 valence electrons. The molecule has 1 heterocycles. The second kappa shape index (κ2) is 7.42. The lowest BCUT2D eigenvalue weighted by atomic mass is 10.2. The quantitative estimate of drug-likeness (QED) is 0.744. The molecule has 0 aliphatic carbocycles. The van der Waals surface area contributed by atoms with Gasteiger partial charge in [0, 0.05) is 32.8 Å². The Morgan fingerprint density at radius 1 is 1.24 bits per heavy atom. The number of esters is 1. The summed E-state index contributed by atoms with van der Waals surface area (Å²) in [7, 11) is 3.49. The number of alkyl halides is 2. The molecule has 0 spiro atoms. The summed E-state index contributed by atoms with van der Waals surface area (Å²) in [4.78, 5) is 22.2. The maximum Gasteiger partial charge on any atom is 0.394 e. The summed E-state index contributed by atoms with van der Waals surface area (Å²) in [5.74, 6) is 0.286. The number of aromatic nitrogens is 2. The smallest absolute Gasteiger partial charge is 0.394 e. The van der Waals surface area contributed by atoms with Crippen LogP contribution in [0.2, 0.25) is 0 Å². The number of carbonyl (C=O) groups is 1. The molecule has 2 aromatic rings. The lowest BCUT2D eigenvalue weighted by Gasteiger charge is -2.16. The highest BCUT2D eigenvalue weighted by Gasteiger charge is 2.23. The number of hydrogen-bond donors (Lipinski definition) is 0. The molecule has 0 N–H and O–H groups in total. The minimum absolute atomic E-state index is 0.0345. The van der Waals surface area contributed by atoms with Crippen LogP contribution in [0.15, 0.2) is 30.5 Å². The Balaban J connectivity index is 2.33. The zero-order valence-electron chi connectivity index (χ0n) is 14.4. The van der Waals surface area contributed by atoms with Gasteiger partial charge in [-0.3, -0.25) is 0 Å². The van der Waals surface area contributed by atoms with Crippen molar-refractivity contribution in [1.29, 1.82) is 0 Å². The predicted molar refractivity (Wildman–Crippen MR) is 89.0 cm³/mol. The molecule has 0 bridgehead atoms. The zero-order valence-corrected chi connectivity index (χ0v) is 14.4. The Morgan fingerprint density at radius 3 is 2.40 bits per heavy atom. The van der Waals surface area contributed by atoms with E-state index in [2.05, 4.69) is 14.7 Å². The van der Waals surface area contributed by atoms with Crippen LogP contribution in [-0.4, -0.2) is 42.7 Å². The van der Waals surface area contributed by atoms with Crippen LogP contribution in [0.25, 0.3) is 11.4 Å². The molecule has 25 heavy (non-hydrogen) atoms. The molecule has 0 atom stereocenters. The fourth-order valence-electron chi connectivity index (χ4n) is 2.08. The van der Waals surface area contributed by atoms with Gasteiger partial charge in [-0.2, -0.15) is 8.78 Å². The second-order valence-electron chi connectivity index (χ2n) is 5.48. The van der Waals surface area contributed by atoms with E-state index in [0.717, 1.165) is 0 Å². The number of rotatable bonds is 6. The largest absolute Gasteiger partial charge is 0.462 e. The van der Waals surface area contributed by atoms with E-state index in [-0.39, 0.29) is 17.9 Å². The lowest BCUT2D eigenvalue weighted by Crippen LogP contribution is -2.19. The van der Waals surface area contributed by atoms with Crippen molar-refractivity contribution >= 4 is 11.8 Å². The van der Waals surface area contributed by atoms with Crippen molar-refractivity contribution in [1.82, 2.24) is 9.97 Å². The number of anilines is 1. The van der Waals surface area contributed by atoms with Crippen LogP contribution in [-0.2, 0) is 4.74 Å². The van der Waals surface area contributed by atoms with Crippen molar-refractivity contribution in [2.24, 2.45) is 0 Å². The summed E-state index contributed by atoms with van der Waals surface area (Å²) < 4.78 is 35.2. The SMILES string of the molecule is CCOC(=O)c1cnc(-c2ccc(OC(C)(F)F)cc2)nc1N(C)C. The first-order valence-electron chi connectivity index (χ1n) is 7.60. The van der Waals surface area contributed by atoms with Gasteiger partial charge in [-0.1, -0.05) is 0 Å². The molecule has 0 unspecified atom stereocenters. The number of nitrogens with zero attached hydrogens (tertiary/aromatic N) is 3. The Bertz CT molecular complexity index is 744. The van der Waals surface area contributed by atoms with E-state index in [1.54, 1.807) is 38.1 Å². The van der Waals surface area contributed by atoms with E-state index >= 15 is 0 Å². The van der Waals surface area contributed by atoms with Gasteiger partial charge in [-0.15, -0.1) is 0 Å². The van der Waals surface area contributed by atoms with Crippen LogP contribution in [0.1, 0.15) is 24.2 Å². The van der Waals surface area contributed by atoms with Gasteiger partial charge in [-0.05, 0) is 31.2 Å². The first-order chi connectivity index (χ1) is 11.7. The topological polar surface area (TPSA) is 64.5 Å². The van der Waals surface area contributed by atoms with Crippen molar-refractivity contribution in [2.45, 2.75) is 20.0 Å². The maximum atomic E-state index is 12.9. The molecule has 0 aliphatic heterocycles. The van der Waals surface area contributed by atoms with Crippen molar-refractivity contribution in [2.75, 3.05) is 25.6 Å². The van der Waals surface area contributed by atoms with Gasteiger partial charge < -0.3 is 14.4 Å². The highest BCUT2D eigenvalue weighted by atomic mass is 19.3. The predicted octanol–water partition coefficient (Wildman–Crippen LogP) is 3.38. The average molecular weight is 351 g/mol. The van der Waals surface area contributed by atoms with Gasteiger partial charge in [0.1, 0.15) is 17.1 Å². The van der Waals surface area contributed by atoms with Gasteiger partial charge in [0.2, 0.25) is 0 Å². The third-order valence-corrected chi connectivity index (χ3v) is 3.10. The highest BCUT2D eigenvalue weighted by Crippen LogP contribution is 2.26. The van der Waals surface area contributed by atoms with E-state index in [1.165, 1.54) is 18.3 Å². The number of benzene rings is 1. The molecule has 8 heteroatoms. The lowest BCUT2D eigenvalue weighted by molar-refractivity contribution is -0.158. The summed E-state index contributed by atoms with van der Waals surface area (Å²) in [6.45, 7) is 2.63. The summed E-state index contributed by atoms with van der Waals surface area (Å²) in [6.07, 6.45) is -1.86. The fraction of sp³-hybridized carbons (Fsp3) is 0.353. The van der Waals surface area contributed by atoms with Gasteiger partial charge in [-0.25, -0.2) is 14.8 Å². The van der Waals surface area contributed by atoms with Gasteiger partial charge in [0.05, 0.1) is 6.61 Å². The minimum Gasteiger partial charge on any atom is -0.462 e. The Kier molecular flexibility index (Phi) is 5.51. The van der Waals surface area contributed by atoms with Crippen molar-refractivity contribution in [3.63, 3.8) is 0 Å². The van der Waals surface area contributed by atoms with E-state index in [9.17, 15) is 13.6 Å². The second-order valence-corrected chi connectivity index (χ2v) is 5.48. The number of hydrogen-bond acceptors (Lipinski definition) is 6. The number of ether oxygens (including phenoxy) is 2. The molecule has 0 amide bonds. The van der Waals surface area contributed by atoms with Crippen LogP contribution < -0.4 is 9.64 Å². The molecule has 0 radical (unpaired) electrons. The highest BCUT2D eigenvalue weighted by molar-refractivity contribution is 5.94. The van der Waals surface area contributed by atoms with Crippen LogP contribution >= 0.6 is 0 Å². The first kappa shape index (κ1) is 18.6. The Labute approximate surface area is 144 Å². The van der Waals surface area contributed by atoms with E-state index in [0.29, 0.717) is 24.1 Å². The Morgan fingerprint density at radius 2 is 1.88 bits per heavy atom. The molecule has 0 aliphatic rings. The summed E-state index contributed by atoms with van der Waals surface area (Å²) >= 11 is 0. The Hall–Kier alpha value is -2.77. The van der Waals surface area contributed by atoms with E-state index < -0.39 is 12.1 Å². The third kappa shape index (κ3) is 4.85. The number of halogens is 2. The molecular weight excluding hydrogens is 332 g/mol. The van der Waals surface area contributed by atoms with Gasteiger partial charge in [0.15, 0.2) is 5.82 Å². The van der Waals surface area contributed by atoms with Crippen LogP contribution in [0.4, 0.5) is 14.6 Å². The minimum atomic E-state index is -3.25. The van der Waals surface area contributed by atoms with E-state index in [1.807, 2.05) is 0 Å². The third-order valence-electron chi connectivity index (χ3n) is 3.10. The molecule has 0 saturated heterocycles. The van der Waals surface area contributed by atoms with Crippen LogP contribution in [0.3, 0.4) is 0 Å². The average Bonchev–Trinajstić information content (AvgIpc) is 2.53. The molecule has 0 saturated carbocycles. The summed E-state index contributed by atoms with van der Waals surface area (Å²) in [5.41, 5.74) is 0.853. The summed E-state index contributed by atoms with van der Waals surface area (Å²) in [6, 6.07) is 5.95. The fourth-order valence-corrected chi connectivity index (χ4v) is 2.08. The first-order valence-corrected chi connectivity index (χ1v) is 7.60. The molecule has 2 rings (SSSR count). The maximum absolute atomic E-state index is 12.9. The summed E-state index contributed by atoms with van der Waals surface area (Å²) in [5, 5.41) is 0. The van der Waals surface area contributed by atoms with Crippen LogP contribution in [0.5, 0.6) is 5.75 Å². The molecule has 1 aromatic heterocycles. The zero-order chi connectivity index (χ0) is 18.6. The standard InChI is InChI=1S/C17H19F2N3O3/c1-5-24-16(23)13-10-20-14(21-15(13)22(3)4)11-6-8-12(9-7-11)25-17(2,18)19/h6-10H,5H2,1-4H3. The monoisotopic (exact) mass is 351 g/mol. The molecule has 6 nitrogen and oxygen atoms in total. The van der Waals surface area contributed by atoms with Crippen molar-refractivity contribution < 1.29 is 23.0 Å². The van der Waals surface area contributed by atoms with Crippen molar-refractivity contribution in [3.05, 3.63) is 36.0 Å². The van der Waals surface area contributed by atoms with Gasteiger partial charge >= 0.3 is 12.1 Å². The van der Waals surface area contributed by atoms with Crippen LogP contribution in [0, 0.1) is 0 Å². The van der Waals surface area contributed by atoms with Gasteiger partial charge in [0.25, 0.3) is 0 Å².